The number of likely N-dealkylation sites (tertiary alicyclic amines) is 1. The van der Waals surface area contributed by atoms with E-state index in [1.54, 1.807) is 0 Å². The standard InChI is InChI=1S/C16H30N2O3/c1-4-6-8-18(9-7-5-2)15(19)12-17-10-13(3)14(11-17)16(20)21/h13-14H,4-12H2,1-3H3,(H,20,21)/t13-,14-/m1/s1. The molecule has 1 saturated heterocycles. The third-order valence-corrected chi connectivity index (χ3v) is 4.28. The van der Waals surface area contributed by atoms with Crippen molar-refractivity contribution < 1.29 is 14.7 Å². The van der Waals surface area contributed by atoms with Crippen molar-refractivity contribution >= 4 is 11.9 Å². The zero-order valence-electron chi connectivity index (χ0n) is 13.7. The summed E-state index contributed by atoms with van der Waals surface area (Å²) < 4.78 is 0. The van der Waals surface area contributed by atoms with E-state index in [-0.39, 0.29) is 17.7 Å². The van der Waals surface area contributed by atoms with Crippen LogP contribution in [0.5, 0.6) is 0 Å². The molecule has 21 heavy (non-hydrogen) atoms. The Bertz CT molecular complexity index is 338. The molecule has 122 valence electrons. The number of hydrogen-bond donors (Lipinski definition) is 1. The van der Waals surface area contributed by atoms with Crippen LogP contribution in [-0.4, -0.2) is 59.5 Å². The Morgan fingerprint density at radius 2 is 1.71 bits per heavy atom. The minimum Gasteiger partial charge on any atom is -0.481 e. The second-order valence-electron chi connectivity index (χ2n) is 6.20. The van der Waals surface area contributed by atoms with Gasteiger partial charge in [0.25, 0.3) is 0 Å². The van der Waals surface area contributed by atoms with Crippen LogP contribution < -0.4 is 0 Å². The maximum atomic E-state index is 12.4. The van der Waals surface area contributed by atoms with Gasteiger partial charge in [0.2, 0.25) is 5.91 Å². The molecule has 0 aromatic heterocycles. The number of carbonyl (C=O) groups is 2. The van der Waals surface area contributed by atoms with Gasteiger partial charge >= 0.3 is 5.97 Å². The van der Waals surface area contributed by atoms with Crippen molar-refractivity contribution in [1.29, 1.82) is 0 Å². The first kappa shape index (κ1) is 18.0. The lowest BCUT2D eigenvalue weighted by molar-refractivity contribution is -0.142. The molecular formula is C16H30N2O3. The Morgan fingerprint density at radius 3 is 2.14 bits per heavy atom. The molecule has 1 N–H and O–H groups in total. The summed E-state index contributed by atoms with van der Waals surface area (Å²) in [6.45, 7) is 9.42. The van der Waals surface area contributed by atoms with Gasteiger partial charge < -0.3 is 10.0 Å². The van der Waals surface area contributed by atoms with Crippen LogP contribution in [0.4, 0.5) is 0 Å². The lowest BCUT2D eigenvalue weighted by Gasteiger charge is -2.25. The molecule has 0 saturated carbocycles. The van der Waals surface area contributed by atoms with Crippen molar-refractivity contribution in [3.05, 3.63) is 0 Å². The van der Waals surface area contributed by atoms with Crippen LogP contribution in [0.1, 0.15) is 46.5 Å². The fourth-order valence-electron chi connectivity index (χ4n) is 2.87. The number of amides is 1. The van der Waals surface area contributed by atoms with E-state index in [1.165, 1.54) is 0 Å². The van der Waals surface area contributed by atoms with Crippen molar-refractivity contribution in [1.82, 2.24) is 9.80 Å². The van der Waals surface area contributed by atoms with Gasteiger partial charge in [0, 0.05) is 26.2 Å². The average molecular weight is 298 g/mol. The van der Waals surface area contributed by atoms with Crippen molar-refractivity contribution in [3.63, 3.8) is 0 Å². The molecule has 0 aromatic rings. The van der Waals surface area contributed by atoms with Crippen LogP contribution in [-0.2, 0) is 9.59 Å². The van der Waals surface area contributed by atoms with Crippen LogP contribution in [0, 0.1) is 11.8 Å². The van der Waals surface area contributed by atoms with Crippen molar-refractivity contribution in [2.24, 2.45) is 11.8 Å². The Kier molecular flexibility index (Phi) is 7.72. The summed E-state index contributed by atoms with van der Waals surface area (Å²) in [5, 5.41) is 9.16. The van der Waals surface area contributed by atoms with Gasteiger partial charge in [0.15, 0.2) is 0 Å². The number of rotatable bonds is 9. The van der Waals surface area contributed by atoms with Gasteiger partial charge in [-0.2, -0.15) is 0 Å². The minimum atomic E-state index is -0.744. The number of unbranched alkanes of at least 4 members (excludes halogenated alkanes) is 2. The van der Waals surface area contributed by atoms with Gasteiger partial charge in [0.1, 0.15) is 0 Å². The number of carboxylic acid groups (broad SMARTS) is 1. The smallest absolute Gasteiger partial charge is 0.308 e. The van der Waals surface area contributed by atoms with Gasteiger partial charge in [-0.25, -0.2) is 0 Å². The molecule has 0 aliphatic carbocycles. The molecule has 1 rings (SSSR count). The number of carboxylic acids is 1. The highest BCUT2D eigenvalue weighted by atomic mass is 16.4. The average Bonchev–Trinajstić information content (AvgIpc) is 2.79. The van der Waals surface area contributed by atoms with Crippen molar-refractivity contribution in [2.45, 2.75) is 46.5 Å². The van der Waals surface area contributed by atoms with E-state index in [1.807, 2.05) is 16.7 Å². The lowest BCUT2D eigenvalue weighted by Crippen LogP contribution is -2.41. The van der Waals surface area contributed by atoms with Crippen LogP contribution >= 0.6 is 0 Å². The molecule has 0 radical (unpaired) electrons. The lowest BCUT2D eigenvalue weighted by atomic mass is 9.99. The molecule has 0 spiro atoms. The highest BCUT2D eigenvalue weighted by Crippen LogP contribution is 2.23. The van der Waals surface area contributed by atoms with Crippen LogP contribution in [0.25, 0.3) is 0 Å². The first-order valence-corrected chi connectivity index (χ1v) is 8.22. The molecule has 0 unspecified atom stereocenters. The zero-order chi connectivity index (χ0) is 15.8. The van der Waals surface area contributed by atoms with E-state index in [9.17, 15) is 9.59 Å². The third-order valence-electron chi connectivity index (χ3n) is 4.28. The molecule has 0 bridgehead atoms. The van der Waals surface area contributed by atoms with Gasteiger partial charge in [-0.3, -0.25) is 14.5 Å². The SMILES string of the molecule is CCCCN(CCCC)C(=O)CN1C[C@@H](C)[C@H](C(=O)O)C1. The van der Waals surface area contributed by atoms with Crippen LogP contribution in [0.15, 0.2) is 0 Å². The summed E-state index contributed by atoms with van der Waals surface area (Å²) in [6, 6.07) is 0. The van der Waals surface area contributed by atoms with Crippen molar-refractivity contribution in [3.8, 4) is 0 Å². The third kappa shape index (κ3) is 5.65. The van der Waals surface area contributed by atoms with E-state index < -0.39 is 5.97 Å². The van der Waals surface area contributed by atoms with E-state index >= 15 is 0 Å². The van der Waals surface area contributed by atoms with Crippen molar-refractivity contribution in [2.75, 3.05) is 32.7 Å². The monoisotopic (exact) mass is 298 g/mol. The topological polar surface area (TPSA) is 60.9 Å². The quantitative estimate of drug-likeness (QED) is 0.708. The Balaban J connectivity index is 2.50. The normalized spacial score (nSPS) is 22.4. The predicted octanol–water partition coefficient (Wildman–Crippen LogP) is 2.07. The van der Waals surface area contributed by atoms with Crippen LogP contribution in [0.3, 0.4) is 0 Å². The largest absolute Gasteiger partial charge is 0.481 e. The summed E-state index contributed by atoms with van der Waals surface area (Å²) in [4.78, 5) is 27.5. The summed E-state index contributed by atoms with van der Waals surface area (Å²) in [6.07, 6.45) is 4.22. The molecule has 1 aliphatic rings. The minimum absolute atomic E-state index is 0.120. The Hall–Kier alpha value is -1.10. The molecule has 2 atom stereocenters. The van der Waals surface area contributed by atoms with Crippen LogP contribution in [0.2, 0.25) is 0 Å². The first-order valence-electron chi connectivity index (χ1n) is 8.22. The molecule has 1 fully saturated rings. The Labute approximate surface area is 128 Å². The molecule has 1 aliphatic heterocycles. The number of hydrogen-bond acceptors (Lipinski definition) is 3. The van der Waals surface area contributed by atoms with E-state index in [0.717, 1.165) is 38.8 Å². The summed E-state index contributed by atoms with van der Waals surface area (Å²) in [5.41, 5.74) is 0. The fraction of sp³-hybridized carbons (Fsp3) is 0.875. The van der Waals surface area contributed by atoms with Gasteiger partial charge in [-0.1, -0.05) is 33.6 Å². The summed E-state index contributed by atoms with van der Waals surface area (Å²) in [7, 11) is 0. The zero-order valence-corrected chi connectivity index (χ0v) is 13.7. The molecule has 1 heterocycles. The van der Waals surface area contributed by atoms with E-state index in [4.69, 9.17) is 5.11 Å². The number of aliphatic carboxylic acids is 1. The van der Waals surface area contributed by atoms with Gasteiger partial charge in [-0.05, 0) is 18.8 Å². The van der Waals surface area contributed by atoms with Gasteiger partial charge in [0.05, 0.1) is 12.5 Å². The highest BCUT2D eigenvalue weighted by Gasteiger charge is 2.35. The predicted molar refractivity (Wildman–Crippen MR) is 83.1 cm³/mol. The molecule has 0 aromatic carbocycles. The summed E-state index contributed by atoms with van der Waals surface area (Å²) in [5.74, 6) is -0.811. The Morgan fingerprint density at radius 1 is 1.14 bits per heavy atom. The second kappa shape index (κ2) is 9.03. The second-order valence-corrected chi connectivity index (χ2v) is 6.20. The van der Waals surface area contributed by atoms with E-state index in [2.05, 4.69) is 13.8 Å². The maximum Gasteiger partial charge on any atom is 0.308 e. The van der Waals surface area contributed by atoms with Gasteiger partial charge in [-0.15, -0.1) is 0 Å². The molecule has 5 nitrogen and oxygen atoms in total. The summed E-state index contributed by atoms with van der Waals surface area (Å²) >= 11 is 0. The van der Waals surface area contributed by atoms with E-state index in [0.29, 0.717) is 19.6 Å². The molecular weight excluding hydrogens is 268 g/mol. The highest BCUT2D eigenvalue weighted by molar-refractivity contribution is 5.78. The number of carbonyl (C=O) groups excluding carboxylic acids is 1. The molecule has 1 amide bonds. The molecule has 5 heteroatoms. The first-order chi connectivity index (χ1) is 9.99. The maximum absolute atomic E-state index is 12.4. The number of nitrogens with zero attached hydrogens (tertiary/aromatic N) is 2. The fourth-order valence-corrected chi connectivity index (χ4v) is 2.87.